The molecule has 53 heavy (non-hydrogen) atoms. The summed E-state index contributed by atoms with van der Waals surface area (Å²) >= 11 is 0. The van der Waals surface area contributed by atoms with Gasteiger partial charge in [0.25, 0.3) is 0 Å². The standard InChI is InChI=1S/C49H88O4/c1-3-5-7-9-11-13-15-17-19-21-23-24-25-26-27-28-30-32-34-36-38-40-42-44-49(51)53-48(46-50)47-52-45-43-41-39-37-35-33-31-29-22-20-18-16-14-12-10-8-6-4-2/h6,8,12,14-15,17-18,20-21,23,48,50H,3-5,7,9-11,13,16,19,22,24-47H2,1-2H3/b8-6-,14-12-,17-15-,20-18-,23-21-. The molecular weight excluding hydrogens is 653 g/mol. The minimum absolute atomic E-state index is 0.177. The van der Waals surface area contributed by atoms with Gasteiger partial charge < -0.3 is 14.6 Å². The number of ether oxygens (including phenoxy) is 2. The average Bonchev–Trinajstić information content (AvgIpc) is 3.16. The summed E-state index contributed by atoms with van der Waals surface area (Å²) in [6.45, 7) is 5.22. The van der Waals surface area contributed by atoms with Gasteiger partial charge in [-0.05, 0) is 77.0 Å². The van der Waals surface area contributed by atoms with E-state index >= 15 is 0 Å². The third-order valence-electron chi connectivity index (χ3n) is 9.83. The van der Waals surface area contributed by atoms with Gasteiger partial charge in [0.15, 0.2) is 0 Å². The van der Waals surface area contributed by atoms with Crippen molar-refractivity contribution in [3.05, 3.63) is 60.8 Å². The van der Waals surface area contributed by atoms with Gasteiger partial charge >= 0.3 is 5.97 Å². The lowest BCUT2D eigenvalue weighted by molar-refractivity contribution is -0.154. The lowest BCUT2D eigenvalue weighted by Gasteiger charge is -2.16. The van der Waals surface area contributed by atoms with Gasteiger partial charge in [0.05, 0.1) is 13.2 Å². The third-order valence-corrected chi connectivity index (χ3v) is 9.83. The van der Waals surface area contributed by atoms with E-state index in [4.69, 9.17) is 9.47 Å². The van der Waals surface area contributed by atoms with Crippen LogP contribution in [0, 0.1) is 0 Å². The highest BCUT2D eigenvalue weighted by molar-refractivity contribution is 5.69. The van der Waals surface area contributed by atoms with E-state index in [9.17, 15) is 9.90 Å². The van der Waals surface area contributed by atoms with Crippen LogP contribution in [0.3, 0.4) is 0 Å². The van der Waals surface area contributed by atoms with Gasteiger partial charge in [-0.1, -0.05) is 197 Å². The zero-order valence-corrected chi connectivity index (χ0v) is 35.3. The molecule has 0 saturated heterocycles. The fraction of sp³-hybridized carbons (Fsp3) is 0.776. The maximum absolute atomic E-state index is 12.2. The normalized spacial score (nSPS) is 12.9. The minimum Gasteiger partial charge on any atom is -0.457 e. The lowest BCUT2D eigenvalue weighted by Crippen LogP contribution is -2.27. The molecule has 0 aromatic heterocycles. The van der Waals surface area contributed by atoms with Gasteiger partial charge in [0, 0.05) is 13.0 Å². The van der Waals surface area contributed by atoms with Crippen molar-refractivity contribution in [2.45, 2.75) is 225 Å². The molecule has 0 aliphatic carbocycles. The number of carbonyl (C=O) groups excluding carboxylic acids is 1. The number of aliphatic hydroxyl groups excluding tert-OH is 1. The molecule has 1 N–H and O–H groups in total. The van der Waals surface area contributed by atoms with Crippen LogP contribution in [-0.2, 0) is 14.3 Å². The zero-order valence-electron chi connectivity index (χ0n) is 35.3. The van der Waals surface area contributed by atoms with Gasteiger partial charge in [-0.25, -0.2) is 0 Å². The first-order valence-corrected chi connectivity index (χ1v) is 22.9. The van der Waals surface area contributed by atoms with Crippen molar-refractivity contribution in [3.63, 3.8) is 0 Å². The molecule has 0 aliphatic heterocycles. The molecule has 0 rings (SSSR count). The highest BCUT2D eigenvalue weighted by Crippen LogP contribution is 2.14. The smallest absolute Gasteiger partial charge is 0.306 e. The van der Waals surface area contributed by atoms with Crippen LogP contribution in [0.25, 0.3) is 0 Å². The summed E-state index contributed by atoms with van der Waals surface area (Å²) in [5, 5.41) is 9.62. The summed E-state index contributed by atoms with van der Waals surface area (Å²) < 4.78 is 11.2. The lowest BCUT2D eigenvalue weighted by atomic mass is 10.0. The van der Waals surface area contributed by atoms with Gasteiger partial charge in [-0.2, -0.15) is 0 Å². The fourth-order valence-electron chi connectivity index (χ4n) is 6.43. The number of rotatable bonds is 42. The van der Waals surface area contributed by atoms with Gasteiger partial charge in [0.2, 0.25) is 0 Å². The summed E-state index contributed by atoms with van der Waals surface area (Å²) in [4.78, 5) is 12.2. The Morgan fingerprint density at radius 1 is 0.472 bits per heavy atom. The summed E-state index contributed by atoms with van der Waals surface area (Å²) in [5.41, 5.74) is 0. The molecule has 1 unspecified atom stereocenters. The second-order valence-electron chi connectivity index (χ2n) is 15.1. The van der Waals surface area contributed by atoms with Crippen molar-refractivity contribution in [1.82, 2.24) is 0 Å². The number of carbonyl (C=O) groups is 1. The predicted octanol–water partition coefficient (Wildman–Crippen LogP) is 15.2. The Balaban J connectivity index is 3.44. The predicted molar refractivity (Wildman–Crippen MR) is 233 cm³/mol. The number of esters is 1. The van der Waals surface area contributed by atoms with Crippen LogP contribution >= 0.6 is 0 Å². The Kier molecular flexibility index (Phi) is 44.6. The topological polar surface area (TPSA) is 55.8 Å². The molecular formula is C49H88O4. The van der Waals surface area contributed by atoms with Crippen molar-refractivity contribution in [2.24, 2.45) is 0 Å². The van der Waals surface area contributed by atoms with Crippen molar-refractivity contribution in [1.29, 1.82) is 0 Å². The SMILES string of the molecule is CC/C=C\C/C=C\C/C=C\CCCCCCCCCCOCC(CO)OC(=O)CCCCCCCCCCCCC/C=C\C/C=C\CCCCCCC. The van der Waals surface area contributed by atoms with Crippen molar-refractivity contribution in [3.8, 4) is 0 Å². The molecule has 1 atom stereocenters. The number of hydrogen-bond acceptors (Lipinski definition) is 4. The molecule has 0 aromatic carbocycles. The Labute approximate surface area is 330 Å². The maximum atomic E-state index is 12.2. The molecule has 0 saturated carbocycles. The summed E-state index contributed by atoms with van der Waals surface area (Å²) in [6.07, 6.45) is 61.5. The second kappa shape index (κ2) is 46.2. The molecule has 0 heterocycles. The Hall–Kier alpha value is -1.91. The van der Waals surface area contributed by atoms with E-state index in [1.54, 1.807) is 0 Å². The highest BCUT2D eigenvalue weighted by Gasteiger charge is 2.13. The van der Waals surface area contributed by atoms with E-state index in [1.165, 1.54) is 154 Å². The average molecular weight is 741 g/mol. The van der Waals surface area contributed by atoms with Crippen molar-refractivity contribution in [2.75, 3.05) is 19.8 Å². The van der Waals surface area contributed by atoms with E-state index in [-0.39, 0.29) is 19.2 Å². The molecule has 4 heteroatoms. The highest BCUT2D eigenvalue weighted by atomic mass is 16.6. The zero-order chi connectivity index (χ0) is 38.4. The molecule has 308 valence electrons. The van der Waals surface area contributed by atoms with E-state index < -0.39 is 6.10 Å². The molecule has 0 spiro atoms. The number of aliphatic hydroxyl groups is 1. The van der Waals surface area contributed by atoms with E-state index in [1.807, 2.05) is 0 Å². The first kappa shape index (κ1) is 51.1. The van der Waals surface area contributed by atoms with E-state index in [0.717, 1.165) is 44.9 Å². The fourth-order valence-corrected chi connectivity index (χ4v) is 6.43. The van der Waals surface area contributed by atoms with Crippen LogP contribution in [0.15, 0.2) is 60.8 Å². The number of hydrogen-bond donors (Lipinski definition) is 1. The maximum Gasteiger partial charge on any atom is 0.306 e. The number of allylic oxidation sites excluding steroid dienone is 10. The van der Waals surface area contributed by atoms with Crippen LogP contribution in [-0.4, -0.2) is 37.0 Å². The molecule has 0 radical (unpaired) electrons. The second-order valence-corrected chi connectivity index (χ2v) is 15.1. The van der Waals surface area contributed by atoms with E-state index in [0.29, 0.717) is 13.0 Å². The molecule has 0 fully saturated rings. The molecule has 0 bridgehead atoms. The van der Waals surface area contributed by atoms with Crippen LogP contribution in [0.1, 0.15) is 219 Å². The van der Waals surface area contributed by atoms with Crippen molar-refractivity contribution >= 4 is 5.97 Å². The third kappa shape index (κ3) is 44.4. The first-order chi connectivity index (χ1) is 26.2. The molecule has 0 aromatic rings. The van der Waals surface area contributed by atoms with Gasteiger partial charge in [-0.3, -0.25) is 4.79 Å². The monoisotopic (exact) mass is 741 g/mol. The quantitative estimate of drug-likeness (QED) is 0.0385. The molecule has 0 aliphatic rings. The van der Waals surface area contributed by atoms with Crippen LogP contribution in [0.4, 0.5) is 0 Å². The summed E-state index contributed by atoms with van der Waals surface area (Å²) in [7, 11) is 0. The van der Waals surface area contributed by atoms with Crippen LogP contribution in [0.5, 0.6) is 0 Å². The van der Waals surface area contributed by atoms with Gasteiger partial charge in [-0.15, -0.1) is 0 Å². The van der Waals surface area contributed by atoms with Crippen LogP contribution < -0.4 is 0 Å². The Bertz CT molecular complexity index is 870. The largest absolute Gasteiger partial charge is 0.457 e. The van der Waals surface area contributed by atoms with E-state index in [2.05, 4.69) is 74.6 Å². The first-order valence-electron chi connectivity index (χ1n) is 22.9. The molecule has 4 nitrogen and oxygen atoms in total. The van der Waals surface area contributed by atoms with Crippen molar-refractivity contribution < 1.29 is 19.4 Å². The molecule has 0 amide bonds. The Morgan fingerprint density at radius 3 is 1.28 bits per heavy atom. The van der Waals surface area contributed by atoms with Crippen LogP contribution in [0.2, 0.25) is 0 Å². The minimum atomic E-state index is -0.541. The van der Waals surface area contributed by atoms with Gasteiger partial charge in [0.1, 0.15) is 6.10 Å². The number of unbranched alkanes of at least 4 members (excludes halogenated alkanes) is 24. The Morgan fingerprint density at radius 2 is 0.849 bits per heavy atom. The summed E-state index contributed by atoms with van der Waals surface area (Å²) in [6, 6.07) is 0. The summed E-state index contributed by atoms with van der Waals surface area (Å²) in [5.74, 6) is -0.206.